The molecule has 2 aliphatic rings. The fraction of sp³-hybridized carbons (Fsp3) is 0.467. The lowest BCUT2D eigenvalue weighted by Gasteiger charge is -2.16. The van der Waals surface area contributed by atoms with Crippen molar-refractivity contribution in [3.8, 4) is 5.75 Å². The maximum absolute atomic E-state index is 12.2. The van der Waals surface area contributed by atoms with Crippen LogP contribution < -0.4 is 10.1 Å². The van der Waals surface area contributed by atoms with E-state index >= 15 is 0 Å². The number of aliphatic carboxylic acids is 1. The number of carbonyl (C=O) groups is 2. The Labute approximate surface area is 116 Å². The van der Waals surface area contributed by atoms with Crippen LogP contribution in [0.3, 0.4) is 0 Å². The quantitative estimate of drug-likeness (QED) is 0.873. The molecule has 1 unspecified atom stereocenters. The Kier molecular flexibility index (Phi) is 3.34. The monoisotopic (exact) mass is 275 g/mol. The third-order valence-corrected chi connectivity index (χ3v) is 4.07. The first kappa shape index (κ1) is 13.0. The number of ether oxygens (including phenoxy) is 1. The molecule has 1 heterocycles. The zero-order valence-electron chi connectivity index (χ0n) is 11.0. The molecular formula is C15H17NO4. The average Bonchev–Trinajstić information content (AvgIpc) is 3.04. The number of benzene rings is 1. The largest absolute Gasteiger partial charge is 0.481 e. The minimum Gasteiger partial charge on any atom is -0.481 e. The summed E-state index contributed by atoms with van der Waals surface area (Å²) >= 11 is 0. The van der Waals surface area contributed by atoms with E-state index in [9.17, 15) is 9.59 Å². The van der Waals surface area contributed by atoms with Gasteiger partial charge < -0.3 is 15.2 Å². The summed E-state index contributed by atoms with van der Waals surface area (Å²) in [7, 11) is 0. The molecule has 20 heavy (non-hydrogen) atoms. The van der Waals surface area contributed by atoms with E-state index in [1.165, 1.54) is 0 Å². The number of carbonyl (C=O) groups excluding carboxylic acids is 1. The fourth-order valence-corrected chi connectivity index (χ4v) is 2.96. The first-order chi connectivity index (χ1) is 9.63. The Bertz CT molecular complexity index is 517. The molecule has 5 nitrogen and oxygen atoms in total. The predicted molar refractivity (Wildman–Crippen MR) is 71.5 cm³/mol. The molecule has 0 saturated heterocycles. The van der Waals surface area contributed by atoms with E-state index in [4.69, 9.17) is 9.84 Å². The molecule has 1 aliphatic heterocycles. The van der Waals surface area contributed by atoms with Gasteiger partial charge in [-0.3, -0.25) is 9.59 Å². The van der Waals surface area contributed by atoms with Crippen molar-refractivity contribution in [2.75, 3.05) is 0 Å². The molecular weight excluding hydrogens is 258 g/mol. The molecule has 1 aromatic carbocycles. The van der Waals surface area contributed by atoms with Crippen LogP contribution in [0.1, 0.15) is 24.8 Å². The van der Waals surface area contributed by atoms with Gasteiger partial charge in [-0.1, -0.05) is 18.2 Å². The molecule has 0 bridgehead atoms. The standard InChI is InChI=1S/C15H17NO4/c17-14(16-11-6-5-10(7-11)15(18)19)13-8-9-3-1-2-4-12(9)20-13/h1-4,10-11,13H,5-8H2,(H,16,17)(H,18,19)/t10-,11+,13?/m0/s1. The van der Waals surface area contributed by atoms with Crippen molar-refractivity contribution in [2.24, 2.45) is 5.92 Å². The van der Waals surface area contributed by atoms with Crippen molar-refractivity contribution in [1.82, 2.24) is 5.32 Å². The van der Waals surface area contributed by atoms with Crippen molar-refractivity contribution in [1.29, 1.82) is 0 Å². The van der Waals surface area contributed by atoms with Gasteiger partial charge in [-0.25, -0.2) is 0 Å². The van der Waals surface area contributed by atoms with Gasteiger partial charge >= 0.3 is 5.97 Å². The Morgan fingerprint density at radius 3 is 2.75 bits per heavy atom. The summed E-state index contributed by atoms with van der Waals surface area (Å²) in [5.74, 6) is -0.479. The maximum Gasteiger partial charge on any atom is 0.306 e. The molecule has 0 radical (unpaired) electrons. The lowest BCUT2D eigenvalue weighted by molar-refractivity contribution is -0.141. The predicted octanol–water partition coefficient (Wildman–Crippen LogP) is 1.36. The number of hydrogen-bond acceptors (Lipinski definition) is 3. The van der Waals surface area contributed by atoms with Crippen molar-refractivity contribution in [2.45, 2.75) is 37.8 Å². The highest BCUT2D eigenvalue weighted by atomic mass is 16.5. The third kappa shape index (κ3) is 2.48. The summed E-state index contributed by atoms with van der Waals surface area (Å²) < 4.78 is 5.62. The van der Waals surface area contributed by atoms with E-state index < -0.39 is 12.1 Å². The summed E-state index contributed by atoms with van der Waals surface area (Å²) in [5, 5.41) is 11.9. The highest BCUT2D eigenvalue weighted by molar-refractivity contribution is 5.83. The molecule has 1 aliphatic carbocycles. The molecule has 1 fully saturated rings. The number of para-hydroxylation sites is 1. The Balaban J connectivity index is 1.56. The van der Waals surface area contributed by atoms with Crippen LogP contribution >= 0.6 is 0 Å². The van der Waals surface area contributed by atoms with Crippen molar-refractivity contribution >= 4 is 11.9 Å². The van der Waals surface area contributed by atoms with Gasteiger partial charge in [0.2, 0.25) is 0 Å². The number of hydrogen-bond donors (Lipinski definition) is 2. The van der Waals surface area contributed by atoms with Crippen molar-refractivity contribution < 1.29 is 19.4 Å². The Morgan fingerprint density at radius 1 is 1.25 bits per heavy atom. The smallest absolute Gasteiger partial charge is 0.306 e. The normalized spacial score (nSPS) is 27.7. The molecule has 0 spiro atoms. The number of amides is 1. The van der Waals surface area contributed by atoms with Gasteiger partial charge in [-0.05, 0) is 30.9 Å². The van der Waals surface area contributed by atoms with Crippen LogP contribution in [-0.4, -0.2) is 29.1 Å². The number of fused-ring (bicyclic) bond motifs is 1. The second kappa shape index (κ2) is 5.15. The summed E-state index contributed by atoms with van der Waals surface area (Å²) in [6.07, 6.45) is 1.96. The average molecular weight is 275 g/mol. The van der Waals surface area contributed by atoms with Crippen LogP contribution in [0.4, 0.5) is 0 Å². The van der Waals surface area contributed by atoms with Crippen LogP contribution in [0.15, 0.2) is 24.3 Å². The highest BCUT2D eigenvalue weighted by Gasteiger charge is 2.34. The van der Waals surface area contributed by atoms with Gasteiger partial charge in [0.05, 0.1) is 5.92 Å². The Morgan fingerprint density at radius 2 is 2.05 bits per heavy atom. The summed E-state index contributed by atoms with van der Waals surface area (Å²) in [5.41, 5.74) is 1.04. The zero-order chi connectivity index (χ0) is 14.1. The van der Waals surface area contributed by atoms with Crippen LogP contribution in [-0.2, 0) is 16.0 Å². The molecule has 0 aromatic heterocycles. The second-order valence-corrected chi connectivity index (χ2v) is 5.47. The van der Waals surface area contributed by atoms with E-state index in [0.717, 1.165) is 17.7 Å². The third-order valence-electron chi connectivity index (χ3n) is 4.07. The van der Waals surface area contributed by atoms with Gasteiger partial charge in [0, 0.05) is 12.5 Å². The minimum atomic E-state index is -0.772. The van der Waals surface area contributed by atoms with Gasteiger partial charge in [-0.2, -0.15) is 0 Å². The second-order valence-electron chi connectivity index (χ2n) is 5.47. The van der Waals surface area contributed by atoms with Crippen LogP contribution in [0.5, 0.6) is 5.75 Å². The maximum atomic E-state index is 12.2. The van der Waals surface area contributed by atoms with Crippen molar-refractivity contribution in [3.63, 3.8) is 0 Å². The molecule has 5 heteroatoms. The topological polar surface area (TPSA) is 75.6 Å². The van der Waals surface area contributed by atoms with Gasteiger partial charge in [-0.15, -0.1) is 0 Å². The highest BCUT2D eigenvalue weighted by Crippen LogP contribution is 2.29. The lowest BCUT2D eigenvalue weighted by Crippen LogP contribution is -2.42. The fourth-order valence-electron chi connectivity index (χ4n) is 2.96. The van der Waals surface area contributed by atoms with E-state index in [-0.39, 0.29) is 17.9 Å². The van der Waals surface area contributed by atoms with Crippen LogP contribution in [0, 0.1) is 5.92 Å². The molecule has 3 atom stereocenters. The SMILES string of the molecule is O=C(N[C@@H]1CC[C@H](C(=O)O)C1)C1Cc2ccccc2O1. The van der Waals surface area contributed by atoms with E-state index in [0.29, 0.717) is 19.3 Å². The molecule has 106 valence electrons. The number of carboxylic acid groups (broad SMARTS) is 1. The molecule has 3 rings (SSSR count). The van der Waals surface area contributed by atoms with E-state index in [1.807, 2.05) is 24.3 Å². The molecule has 1 aromatic rings. The summed E-state index contributed by atoms with van der Waals surface area (Å²) in [6, 6.07) is 7.58. The molecule has 1 amide bonds. The lowest BCUT2D eigenvalue weighted by atomic mass is 10.1. The van der Waals surface area contributed by atoms with E-state index in [2.05, 4.69) is 5.32 Å². The minimum absolute atomic E-state index is 0.0455. The summed E-state index contributed by atoms with van der Waals surface area (Å²) in [6.45, 7) is 0. The summed E-state index contributed by atoms with van der Waals surface area (Å²) in [4.78, 5) is 23.1. The zero-order valence-corrected chi connectivity index (χ0v) is 11.0. The van der Waals surface area contributed by atoms with Crippen LogP contribution in [0.25, 0.3) is 0 Å². The molecule has 1 saturated carbocycles. The van der Waals surface area contributed by atoms with Gasteiger partial charge in [0.1, 0.15) is 5.75 Å². The number of rotatable bonds is 3. The first-order valence-corrected chi connectivity index (χ1v) is 6.91. The molecule has 2 N–H and O–H groups in total. The Hall–Kier alpha value is -2.04. The van der Waals surface area contributed by atoms with Crippen LogP contribution in [0.2, 0.25) is 0 Å². The van der Waals surface area contributed by atoms with E-state index in [1.54, 1.807) is 0 Å². The number of carboxylic acids is 1. The first-order valence-electron chi connectivity index (χ1n) is 6.91. The number of nitrogens with one attached hydrogen (secondary N) is 1. The van der Waals surface area contributed by atoms with Gasteiger partial charge in [0.15, 0.2) is 6.10 Å². The van der Waals surface area contributed by atoms with Gasteiger partial charge in [0.25, 0.3) is 5.91 Å². The van der Waals surface area contributed by atoms with Crippen molar-refractivity contribution in [3.05, 3.63) is 29.8 Å².